The highest BCUT2D eigenvalue weighted by Gasteiger charge is 2.16. The number of fused-ring (bicyclic) bond motifs is 1. The van der Waals surface area contributed by atoms with Gasteiger partial charge in [0.25, 0.3) is 5.91 Å². The second-order valence-electron chi connectivity index (χ2n) is 7.38. The Bertz CT molecular complexity index is 995. The fourth-order valence-corrected chi connectivity index (χ4v) is 3.61. The zero-order chi connectivity index (χ0) is 19.5. The molecule has 2 heterocycles. The average molecular weight is 375 g/mol. The minimum atomic E-state index is -0.126. The summed E-state index contributed by atoms with van der Waals surface area (Å²) in [5.74, 6) is 0.829. The van der Waals surface area contributed by atoms with E-state index in [9.17, 15) is 4.79 Å². The Morgan fingerprint density at radius 2 is 1.86 bits per heavy atom. The molecule has 144 valence electrons. The molecule has 0 atom stereocenters. The van der Waals surface area contributed by atoms with Crippen LogP contribution in [0.15, 0.2) is 48.8 Å². The predicted octanol–water partition coefficient (Wildman–Crippen LogP) is 3.94. The molecule has 1 saturated heterocycles. The van der Waals surface area contributed by atoms with Gasteiger partial charge in [-0.1, -0.05) is 6.07 Å². The number of anilines is 3. The number of nitrogens with zero attached hydrogens (tertiary/aromatic N) is 4. The zero-order valence-electron chi connectivity index (χ0n) is 16.4. The average Bonchev–Trinajstić information content (AvgIpc) is 2.74. The van der Waals surface area contributed by atoms with Crippen molar-refractivity contribution in [2.45, 2.75) is 19.3 Å². The number of carbonyl (C=O) groups is 1. The topological polar surface area (TPSA) is 61.4 Å². The summed E-state index contributed by atoms with van der Waals surface area (Å²) in [6, 6.07) is 13.4. The van der Waals surface area contributed by atoms with Gasteiger partial charge >= 0.3 is 0 Å². The molecule has 1 amide bonds. The van der Waals surface area contributed by atoms with Crippen molar-refractivity contribution < 1.29 is 4.79 Å². The first kappa shape index (κ1) is 18.2. The molecule has 1 aliphatic heterocycles. The molecule has 28 heavy (non-hydrogen) atoms. The summed E-state index contributed by atoms with van der Waals surface area (Å²) in [7, 11) is 3.92. The van der Waals surface area contributed by atoms with Gasteiger partial charge in [0.2, 0.25) is 0 Å². The number of nitrogens with one attached hydrogen (secondary N) is 1. The highest BCUT2D eigenvalue weighted by Crippen LogP contribution is 2.28. The second-order valence-corrected chi connectivity index (χ2v) is 7.38. The predicted molar refractivity (Wildman–Crippen MR) is 114 cm³/mol. The van der Waals surface area contributed by atoms with Crippen LogP contribution in [0.1, 0.15) is 29.6 Å². The maximum Gasteiger partial charge on any atom is 0.255 e. The number of amides is 1. The van der Waals surface area contributed by atoms with Crippen LogP contribution in [0.3, 0.4) is 0 Å². The van der Waals surface area contributed by atoms with Crippen molar-refractivity contribution in [3.05, 3.63) is 54.4 Å². The Balaban J connectivity index is 1.62. The molecule has 0 spiro atoms. The van der Waals surface area contributed by atoms with Crippen molar-refractivity contribution in [3.8, 4) is 0 Å². The SMILES string of the molecule is CN(C)c1cccc(C(=O)Nc2ccc3ncnc(N4CCCCC4)c3c2)c1. The lowest BCUT2D eigenvalue weighted by Gasteiger charge is -2.28. The molecule has 2 aromatic carbocycles. The fraction of sp³-hybridized carbons (Fsp3) is 0.318. The lowest BCUT2D eigenvalue weighted by Crippen LogP contribution is -2.30. The number of aromatic nitrogens is 2. The van der Waals surface area contributed by atoms with Crippen LogP contribution in [-0.4, -0.2) is 43.1 Å². The molecule has 1 aromatic heterocycles. The highest BCUT2D eigenvalue weighted by molar-refractivity contribution is 6.06. The first-order chi connectivity index (χ1) is 13.6. The third kappa shape index (κ3) is 3.76. The number of piperidine rings is 1. The van der Waals surface area contributed by atoms with Gasteiger partial charge in [0, 0.05) is 49.5 Å². The van der Waals surface area contributed by atoms with Gasteiger partial charge in [-0.05, 0) is 55.7 Å². The number of carbonyl (C=O) groups excluding carboxylic acids is 1. The van der Waals surface area contributed by atoms with Gasteiger partial charge in [-0.15, -0.1) is 0 Å². The largest absolute Gasteiger partial charge is 0.378 e. The van der Waals surface area contributed by atoms with Gasteiger partial charge < -0.3 is 15.1 Å². The van der Waals surface area contributed by atoms with Crippen molar-refractivity contribution >= 4 is 34.0 Å². The van der Waals surface area contributed by atoms with Gasteiger partial charge in [0.05, 0.1) is 5.52 Å². The van der Waals surface area contributed by atoms with E-state index in [1.165, 1.54) is 19.3 Å². The van der Waals surface area contributed by atoms with Gasteiger partial charge in [0.1, 0.15) is 12.1 Å². The molecule has 1 N–H and O–H groups in total. The van der Waals surface area contributed by atoms with Gasteiger partial charge in [-0.3, -0.25) is 4.79 Å². The van der Waals surface area contributed by atoms with Crippen LogP contribution in [0.2, 0.25) is 0 Å². The molecule has 0 bridgehead atoms. The van der Waals surface area contributed by atoms with Crippen LogP contribution in [0, 0.1) is 0 Å². The van der Waals surface area contributed by atoms with E-state index in [0.717, 1.165) is 41.2 Å². The van der Waals surface area contributed by atoms with Crippen LogP contribution in [0.25, 0.3) is 10.9 Å². The fourth-order valence-electron chi connectivity index (χ4n) is 3.61. The first-order valence-electron chi connectivity index (χ1n) is 9.70. The van der Waals surface area contributed by atoms with Crippen LogP contribution in [-0.2, 0) is 0 Å². The Morgan fingerprint density at radius 1 is 1.04 bits per heavy atom. The van der Waals surface area contributed by atoms with Crippen molar-refractivity contribution in [2.75, 3.05) is 42.3 Å². The number of hydrogen-bond acceptors (Lipinski definition) is 5. The van der Waals surface area contributed by atoms with Crippen LogP contribution < -0.4 is 15.1 Å². The van der Waals surface area contributed by atoms with Crippen LogP contribution in [0.4, 0.5) is 17.2 Å². The molecular formula is C22H25N5O. The van der Waals surface area contributed by atoms with E-state index in [4.69, 9.17) is 0 Å². The third-order valence-corrected chi connectivity index (χ3v) is 5.15. The van der Waals surface area contributed by atoms with Gasteiger partial charge in [-0.25, -0.2) is 9.97 Å². The van der Waals surface area contributed by atoms with Crippen molar-refractivity contribution in [3.63, 3.8) is 0 Å². The number of hydrogen-bond donors (Lipinski definition) is 1. The lowest BCUT2D eigenvalue weighted by molar-refractivity contribution is 0.102. The lowest BCUT2D eigenvalue weighted by atomic mass is 10.1. The first-order valence-corrected chi connectivity index (χ1v) is 9.70. The molecule has 1 aliphatic rings. The van der Waals surface area contributed by atoms with E-state index in [2.05, 4.69) is 20.2 Å². The maximum absolute atomic E-state index is 12.7. The summed E-state index contributed by atoms with van der Waals surface area (Å²) >= 11 is 0. The Kier molecular flexibility index (Phi) is 5.10. The number of rotatable bonds is 4. The minimum absolute atomic E-state index is 0.126. The zero-order valence-corrected chi connectivity index (χ0v) is 16.4. The minimum Gasteiger partial charge on any atom is -0.378 e. The van der Waals surface area contributed by atoms with E-state index < -0.39 is 0 Å². The second kappa shape index (κ2) is 7.84. The normalized spacial score (nSPS) is 14.1. The van der Waals surface area contributed by atoms with E-state index in [1.54, 1.807) is 6.33 Å². The smallest absolute Gasteiger partial charge is 0.255 e. The molecule has 6 nitrogen and oxygen atoms in total. The maximum atomic E-state index is 12.7. The molecule has 1 fully saturated rings. The van der Waals surface area contributed by atoms with E-state index in [-0.39, 0.29) is 5.91 Å². The molecule has 0 radical (unpaired) electrons. The van der Waals surface area contributed by atoms with Crippen molar-refractivity contribution in [1.29, 1.82) is 0 Å². The van der Waals surface area contributed by atoms with Crippen molar-refractivity contribution in [1.82, 2.24) is 9.97 Å². The molecule has 4 rings (SSSR count). The number of benzene rings is 2. The summed E-state index contributed by atoms with van der Waals surface area (Å²) < 4.78 is 0. The van der Waals surface area contributed by atoms with E-state index in [1.807, 2.05) is 61.5 Å². The molecule has 0 saturated carbocycles. The third-order valence-electron chi connectivity index (χ3n) is 5.15. The van der Waals surface area contributed by atoms with E-state index >= 15 is 0 Å². The van der Waals surface area contributed by atoms with Crippen molar-refractivity contribution in [2.24, 2.45) is 0 Å². The standard InChI is InChI=1S/C22H25N5O/c1-26(2)18-8-6-7-16(13-18)22(28)25-17-9-10-20-19(14-17)21(24-15-23-20)27-11-4-3-5-12-27/h6-10,13-15H,3-5,11-12H2,1-2H3,(H,25,28). The summed E-state index contributed by atoms with van der Waals surface area (Å²) in [6.45, 7) is 2.03. The highest BCUT2D eigenvalue weighted by atomic mass is 16.1. The quantitative estimate of drug-likeness (QED) is 0.748. The van der Waals surface area contributed by atoms with E-state index in [0.29, 0.717) is 5.56 Å². The summed E-state index contributed by atoms with van der Waals surface area (Å²) in [6.07, 6.45) is 5.26. The van der Waals surface area contributed by atoms with Gasteiger partial charge in [0.15, 0.2) is 0 Å². The molecule has 6 heteroatoms. The van der Waals surface area contributed by atoms with Crippen LogP contribution >= 0.6 is 0 Å². The summed E-state index contributed by atoms with van der Waals surface area (Å²) in [4.78, 5) is 26.0. The Morgan fingerprint density at radius 3 is 2.64 bits per heavy atom. The summed E-state index contributed by atoms with van der Waals surface area (Å²) in [5, 5.41) is 3.99. The monoisotopic (exact) mass is 375 g/mol. The Labute approximate surface area is 165 Å². The molecule has 0 aliphatic carbocycles. The molecular weight excluding hydrogens is 350 g/mol. The van der Waals surface area contributed by atoms with Gasteiger partial charge in [-0.2, -0.15) is 0 Å². The molecule has 0 unspecified atom stereocenters. The molecule has 3 aromatic rings. The van der Waals surface area contributed by atoms with Crippen LogP contribution in [0.5, 0.6) is 0 Å². The summed E-state index contributed by atoms with van der Waals surface area (Å²) in [5.41, 5.74) is 3.27. The Hall–Kier alpha value is -3.15.